The Hall–Kier alpha value is -0.240. The van der Waals surface area contributed by atoms with Gasteiger partial charge in [0.25, 0.3) is 0 Å². The minimum Gasteiger partial charge on any atom is -0.339 e. The number of alkyl halides is 1. The molecule has 0 aromatic carbocycles. The van der Waals surface area contributed by atoms with Gasteiger partial charge in [-0.25, -0.2) is 0 Å². The molecule has 0 heterocycles. The first kappa shape index (κ1) is 12.8. The summed E-state index contributed by atoms with van der Waals surface area (Å²) in [5.74, 6) is 0.165. The topological polar surface area (TPSA) is 20.3 Å². The Bertz CT molecular complexity index is 150. The first-order valence-electron chi connectivity index (χ1n) is 5.02. The molecule has 1 atom stereocenters. The van der Waals surface area contributed by atoms with Gasteiger partial charge in [0.15, 0.2) is 0 Å². The van der Waals surface area contributed by atoms with Gasteiger partial charge in [-0.15, -0.1) is 11.6 Å². The quantitative estimate of drug-likeness (QED) is 0.611. The molecule has 0 aliphatic heterocycles. The van der Waals surface area contributed by atoms with Crippen molar-refractivity contribution in [2.75, 3.05) is 12.4 Å². The molecule has 2 nitrogen and oxygen atoms in total. The van der Waals surface area contributed by atoms with E-state index in [0.717, 1.165) is 25.8 Å². The molecule has 0 saturated carbocycles. The van der Waals surface area contributed by atoms with Crippen LogP contribution >= 0.6 is 11.6 Å². The number of carbonyl (C=O) groups excluding carboxylic acids is 1. The molecule has 0 aromatic heterocycles. The molecule has 0 aliphatic rings. The number of halogens is 1. The summed E-state index contributed by atoms with van der Waals surface area (Å²) in [6.45, 7) is 7.13. The first-order valence-corrected chi connectivity index (χ1v) is 5.56. The zero-order valence-corrected chi connectivity index (χ0v) is 9.60. The maximum absolute atomic E-state index is 11.4. The Morgan fingerprint density at radius 1 is 1.46 bits per heavy atom. The Kier molecular flexibility index (Phi) is 7.06. The van der Waals surface area contributed by atoms with E-state index < -0.39 is 0 Å². The number of carbonyl (C=O) groups is 1. The second-order valence-electron chi connectivity index (χ2n) is 3.33. The van der Waals surface area contributed by atoms with Gasteiger partial charge in [0, 0.05) is 12.6 Å². The molecule has 3 heteroatoms. The van der Waals surface area contributed by atoms with Crippen LogP contribution in [-0.4, -0.2) is 29.3 Å². The fraction of sp³-hybridized carbons (Fsp3) is 0.900. The highest BCUT2D eigenvalue weighted by Crippen LogP contribution is 2.06. The average Bonchev–Trinajstić information content (AvgIpc) is 2.17. The summed E-state index contributed by atoms with van der Waals surface area (Å²) in [5, 5.41) is 0. The van der Waals surface area contributed by atoms with E-state index in [-0.39, 0.29) is 11.8 Å². The van der Waals surface area contributed by atoms with Gasteiger partial charge in [-0.2, -0.15) is 0 Å². The van der Waals surface area contributed by atoms with E-state index in [4.69, 9.17) is 11.6 Å². The van der Waals surface area contributed by atoms with Crippen molar-refractivity contribution in [3.8, 4) is 0 Å². The van der Waals surface area contributed by atoms with E-state index in [0.29, 0.717) is 6.04 Å². The van der Waals surface area contributed by atoms with Crippen LogP contribution in [0.15, 0.2) is 0 Å². The normalized spacial score (nSPS) is 12.6. The molecule has 0 spiro atoms. The van der Waals surface area contributed by atoms with Crippen LogP contribution in [0.2, 0.25) is 0 Å². The van der Waals surface area contributed by atoms with E-state index in [1.54, 1.807) is 0 Å². The molecule has 0 N–H and O–H groups in total. The van der Waals surface area contributed by atoms with Crippen LogP contribution in [0.3, 0.4) is 0 Å². The average molecular weight is 206 g/mol. The molecule has 0 aromatic rings. The van der Waals surface area contributed by atoms with Crippen molar-refractivity contribution in [1.29, 1.82) is 0 Å². The summed E-state index contributed by atoms with van der Waals surface area (Å²) in [4.78, 5) is 13.3. The van der Waals surface area contributed by atoms with Gasteiger partial charge in [-0.1, -0.05) is 20.3 Å². The molecular weight excluding hydrogens is 186 g/mol. The van der Waals surface area contributed by atoms with Crippen molar-refractivity contribution in [3.63, 3.8) is 0 Å². The maximum atomic E-state index is 11.4. The molecular formula is C10H20ClNO. The van der Waals surface area contributed by atoms with Crippen LogP contribution in [0.1, 0.15) is 40.0 Å². The van der Waals surface area contributed by atoms with E-state index in [1.807, 2.05) is 4.90 Å². The standard InChI is InChI=1S/C10H20ClNO/c1-4-6-7-12(9(3)5-2)10(13)8-11/h9H,4-8H2,1-3H3/t9-/m0/s1. The number of amides is 1. The van der Waals surface area contributed by atoms with Gasteiger partial charge >= 0.3 is 0 Å². The van der Waals surface area contributed by atoms with Crippen LogP contribution in [0.4, 0.5) is 0 Å². The Morgan fingerprint density at radius 3 is 2.46 bits per heavy atom. The van der Waals surface area contributed by atoms with Gasteiger partial charge in [0.1, 0.15) is 5.88 Å². The molecule has 78 valence electrons. The molecule has 0 fully saturated rings. The summed E-state index contributed by atoms with van der Waals surface area (Å²) in [7, 11) is 0. The summed E-state index contributed by atoms with van der Waals surface area (Å²) in [6, 6.07) is 0.317. The molecule has 1 amide bonds. The molecule has 0 unspecified atom stereocenters. The van der Waals surface area contributed by atoms with Crippen LogP contribution in [0.25, 0.3) is 0 Å². The number of nitrogens with zero attached hydrogens (tertiary/aromatic N) is 1. The van der Waals surface area contributed by atoms with E-state index >= 15 is 0 Å². The Balaban J connectivity index is 4.09. The van der Waals surface area contributed by atoms with Crippen molar-refractivity contribution in [2.45, 2.75) is 46.1 Å². The Labute approximate surface area is 86.2 Å². The minimum absolute atomic E-state index is 0.0597. The van der Waals surface area contributed by atoms with Gasteiger partial charge < -0.3 is 4.90 Å². The largest absolute Gasteiger partial charge is 0.339 e. The Morgan fingerprint density at radius 2 is 2.08 bits per heavy atom. The van der Waals surface area contributed by atoms with E-state index in [9.17, 15) is 4.79 Å². The lowest BCUT2D eigenvalue weighted by Gasteiger charge is -2.27. The minimum atomic E-state index is 0.0597. The zero-order valence-electron chi connectivity index (χ0n) is 8.85. The lowest BCUT2D eigenvalue weighted by molar-refractivity contribution is -0.130. The highest BCUT2D eigenvalue weighted by atomic mass is 35.5. The second-order valence-corrected chi connectivity index (χ2v) is 3.60. The monoisotopic (exact) mass is 205 g/mol. The first-order chi connectivity index (χ1) is 6.17. The van der Waals surface area contributed by atoms with E-state index in [2.05, 4.69) is 20.8 Å². The highest BCUT2D eigenvalue weighted by molar-refractivity contribution is 6.27. The molecule has 0 radical (unpaired) electrons. The van der Waals surface area contributed by atoms with Crippen molar-refractivity contribution in [3.05, 3.63) is 0 Å². The zero-order chi connectivity index (χ0) is 10.3. The molecule has 13 heavy (non-hydrogen) atoms. The molecule has 0 bridgehead atoms. The fourth-order valence-corrected chi connectivity index (χ4v) is 1.37. The van der Waals surface area contributed by atoms with Crippen molar-refractivity contribution < 1.29 is 4.79 Å². The van der Waals surface area contributed by atoms with Crippen LogP contribution in [0, 0.1) is 0 Å². The lowest BCUT2D eigenvalue weighted by Crippen LogP contribution is -2.39. The summed E-state index contributed by atoms with van der Waals surface area (Å²) < 4.78 is 0. The van der Waals surface area contributed by atoms with Crippen LogP contribution in [-0.2, 0) is 4.79 Å². The highest BCUT2D eigenvalue weighted by Gasteiger charge is 2.16. The number of unbranched alkanes of at least 4 members (excludes halogenated alkanes) is 1. The van der Waals surface area contributed by atoms with Gasteiger partial charge in [-0.3, -0.25) is 4.79 Å². The van der Waals surface area contributed by atoms with Crippen molar-refractivity contribution >= 4 is 17.5 Å². The SMILES string of the molecule is CCCCN(C(=O)CCl)[C@@H](C)CC. The third kappa shape index (κ3) is 4.51. The van der Waals surface area contributed by atoms with Gasteiger partial charge in [0.2, 0.25) is 5.91 Å². The molecule has 0 aliphatic carbocycles. The summed E-state index contributed by atoms with van der Waals surface area (Å²) >= 11 is 5.54. The van der Waals surface area contributed by atoms with Crippen LogP contribution in [0.5, 0.6) is 0 Å². The van der Waals surface area contributed by atoms with E-state index in [1.165, 1.54) is 0 Å². The van der Waals surface area contributed by atoms with Gasteiger partial charge in [-0.05, 0) is 19.8 Å². The number of hydrogen-bond acceptors (Lipinski definition) is 1. The molecule has 0 saturated heterocycles. The lowest BCUT2D eigenvalue weighted by atomic mass is 10.2. The number of hydrogen-bond donors (Lipinski definition) is 0. The maximum Gasteiger partial charge on any atom is 0.237 e. The third-order valence-electron chi connectivity index (χ3n) is 2.31. The van der Waals surface area contributed by atoms with Crippen molar-refractivity contribution in [1.82, 2.24) is 4.90 Å². The van der Waals surface area contributed by atoms with Crippen LogP contribution < -0.4 is 0 Å². The third-order valence-corrected chi connectivity index (χ3v) is 2.54. The smallest absolute Gasteiger partial charge is 0.237 e. The summed E-state index contributed by atoms with van der Waals surface area (Å²) in [5.41, 5.74) is 0. The second kappa shape index (κ2) is 7.19. The summed E-state index contributed by atoms with van der Waals surface area (Å²) in [6.07, 6.45) is 3.17. The predicted molar refractivity (Wildman–Crippen MR) is 57.1 cm³/mol. The predicted octanol–water partition coefficient (Wildman–Crippen LogP) is 2.65. The number of rotatable bonds is 6. The molecule has 0 rings (SSSR count). The fourth-order valence-electron chi connectivity index (χ4n) is 1.22. The van der Waals surface area contributed by atoms with Gasteiger partial charge in [0.05, 0.1) is 0 Å². The van der Waals surface area contributed by atoms with Crippen molar-refractivity contribution in [2.24, 2.45) is 0 Å².